The van der Waals surface area contributed by atoms with Crippen LogP contribution in [0.2, 0.25) is 0 Å². The molecule has 0 saturated heterocycles. The summed E-state index contributed by atoms with van der Waals surface area (Å²) in [6, 6.07) is 3.69. The van der Waals surface area contributed by atoms with Gasteiger partial charge >= 0.3 is 6.09 Å². The summed E-state index contributed by atoms with van der Waals surface area (Å²) >= 11 is 0. The Morgan fingerprint density at radius 2 is 1.96 bits per heavy atom. The lowest BCUT2D eigenvalue weighted by Crippen LogP contribution is -2.29. The summed E-state index contributed by atoms with van der Waals surface area (Å²) in [5.41, 5.74) is -0.844. The number of fused-ring (bicyclic) bond motifs is 1. The van der Waals surface area contributed by atoms with Crippen molar-refractivity contribution in [1.29, 1.82) is 0 Å². The molecule has 0 aliphatic rings. The molecule has 0 unspecified atom stereocenters. The lowest BCUT2D eigenvalue weighted by atomic mass is 10.2. The van der Waals surface area contributed by atoms with E-state index in [2.05, 4.69) is 5.10 Å². The number of non-ortho nitro benzene ring substituents is 1. The second-order valence-corrected chi connectivity index (χ2v) is 8.42. The molecule has 0 fully saturated rings. The molecule has 0 saturated carbocycles. The van der Waals surface area contributed by atoms with Crippen LogP contribution in [0.25, 0.3) is 10.9 Å². The predicted molar refractivity (Wildman–Crippen MR) is 91.3 cm³/mol. The van der Waals surface area contributed by atoms with Gasteiger partial charge in [-0.3, -0.25) is 14.4 Å². The van der Waals surface area contributed by atoms with E-state index < -0.39 is 26.6 Å². The molecule has 0 aliphatic carbocycles. The van der Waals surface area contributed by atoms with Gasteiger partial charge in [-0.2, -0.15) is 4.68 Å². The molecule has 1 aromatic carbocycles. The van der Waals surface area contributed by atoms with Crippen LogP contribution in [0.4, 0.5) is 16.3 Å². The van der Waals surface area contributed by atoms with Gasteiger partial charge in [-0.1, -0.05) is 0 Å². The number of rotatable bonds is 3. The summed E-state index contributed by atoms with van der Waals surface area (Å²) in [4.78, 5) is 22.7. The fourth-order valence-corrected chi connectivity index (χ4v) is 2.49. The molecule has 25 heavy (non-hydrogen) atoms. The molecule has 136 valence electrons. The van der Waals surface area contributed by atoms with Crippen LogP contribution >= 0.6 is 0 Å². The van der Waals surface area contributed by atoms with E-state index in [-0.39, 0.29) is 22.4 Å². The maximum Gasteiger partial charge on any atom is 0.435 e. The van der Waals surface area contributed by atoms with Crippen molar-refractivity contribution in [2.24, 2.45) is 0 Å². The third-order valence-corrected chi connectivity index (χ3v) is 4.38. The number of nitro benzene ring substituents is 1. The average Bonchev–Trinajstić information content (AvgIpc) is 2.82. The van der Waals surface area contributed by atoms with Crippen LogP contribution in [0.1, 0.15) is 20.8 Å². The largest absolute Gasteiger partial charge is 0.442 e. The van der Waals surface area contributed by atoms with Gasteiger partial charge in [-0.25, -0.2) is 13.2 Å². The predicted octanol–water partition coefficient (Wildman–Crippen LogP) is 2.12. The lowest BCUT2D eigenvalue weighted by Gasteiger charge is -2.19. The van der Waals surface area contributed by atoms with Gasteiger partial charge in [0.05, 0.1) is 22.1 Å². The van der Waals surface area contributed by atoms with Gasteiger partial charge < -0.3 is 4.74 Å². The second kappa shape index (κ2) is 5.99. The zero-order chi connectivity index (χ0) is 19.2. The normalized spacial score (nSPS) is 12.2. The third-order valence-electron chi connectivity index (χ3n) is 3.22. The zero-order valence-electron chi connectivity index (χ0n) is 14.4. The van der Waals surface area contributed by atoms with E-state index in [0.717, 1.165) is 15.2 Å². The number of hydrogen-bond acceptors (Lipinski definition) is 7. The van der Waals surface area contributed by atoms with Crippen LogP contribution in [-0.2, 0) is 14.8 Å². The highest BCUT2D eigenvalue weighted by Crippen LogP contribution is 2.30. The van der Waals surface area contributed by atoms with Crippen molar-refractivity contribution < 1.29 is 22.9 Å². The molecule has 0 spiro atoms. The number of nitrogens with zero attached hydrogens (tertiary/aromatic N) is 4. The van der Waals surface area contributed by atoms with Gasteiger partial charge in [0.2, 0.25) is 10.0 Å². The number of nitro groups is 1. The van der Waals surface area contributed by atoms with Crippen LogP contribution in [0, 0.1) is 10.1 Å². The second-order valence-electron chi connectivity index (χ2n) is 6.40. The van der Waals surface area contributed by atoms with E-state index in [1.54, 1.807) is 20.8 Å². The van der Waals surface area contributed by atoms with E-state index in [0.29, 0.717) is 0 Å². The number of aromatic nitrogens is 2. The van der Waals surface area contributed by atoms with Gasteiger partial charge in [-0.05, 0) is 26.8 Å². The SMILES string of the molecule is CN(c1nn(C(=O)OC(C)(C)C)c2ccc([N+](=O)[O-])cc12)S(C)(=O)=O. The van der Waals surface area contributed by atoms with Crippen molar-refractivity contribution in [3.8, 4) is 0 Å². The molecular formula is C14H18N4O6S. The summed E-state index contributed by atoms with van der Waals surface area (Å²) in [6.45, 7) is 5.01. The van der Waals surface area contributed by atoms with Crippen LogP contribution in [0.3, 0.4) is 0 Å². The highest BCUT2D eigenvalue weighted by Gasteiger charge is 2.27. The molecule has 11 heteroatoms. The molecule has 1 heterocycles. The number of carbonyl (C=O) groups is 1. The molecule has 0 bridgehead atoms. The maximum atomic E-state index is 12.4. The van der Waals surface area contributed by atoms with Crippen LogP contribution < -0.4 is 4.31 Å². The Balaban J connectivity index is 2.73. The van der Waals surface area contributed by atoms with Gasteiger partial charge in [0, 0.05) is 19.2 Å². The van der Waals surface area contributed by atoms with Crippen molar-refractivity contribution in [1.82, 2.24) is 9.78 Å². The number of hydrogen-bond donors (Lipinski definition) is 0. The molecule has 1 aromatic heterocycles. The summed E-state index contributed by atoms with van der Waals surface area (Å²) in [5, 5.41) is 15.2. The first kappa shape index (κ1) is 18.6. The first-order chi connectivity index (χ1) is 11.3. The minimum atomic E-state index is -3.69. The first-order valence-corrected chi connectivity index (χ1v) is 9.00. The molecule has 2 rings (SSSR count). The highest BCUT2D eigenvalue weighted by molar-refractivity contribution is 7.92. The number of benzene rings is 1. The molecular weight excluding hydrogens is 352 g/mol. The van der Waals surface area contributed by atoms with Gasteiger partial charge in [0.1, 0.15) is 5.60 Å². The molecule has 0 aliphatic heterocycles. The Hall–Kier alpha value is -2.69. The number of anilines is 1. The highest BCUT2D eigenvalue weighted by atomic mass is 32.2. The first-order valence-electron chi connectivity index (χ1n) is 7.15. The Kier molecular flexibility index (Phi) is 4.47. The summed E-state index contributed by atoms with van der Waals surface area (Å²) in [5.74, 6) is -0.105. The number of carbonyl (C=O) groups excluding carboxylic acids is 1. The Bertz CT molecular complexity index is 958. The van der Waals surface area contributed by atoms with E-state index in [1.807, 2.05) is 0 Å². The fourth-order valence-electron chi connectivity index (χ4n) is 2.04. The molecule has 0 radical (unpaired) electrons. The van der Waals surface area contributed by atoms with Crippen LogP contribution in [0.5, 0.6) is 0 Å². The molecule has 0 atom stereocenters. The third kappa shape index (κ3) is 3.87. The minimum absolute atomic E-state index is 0.105. The zero-order valence-corrected chi connectivity index (χ0v) is 15.2. The average molecular weight is 370 g/mol. The Labute approximate surface area is 144 Å². The van der Waals surface area contributed by atoms with Gasteiger partial charge in [-0.15, -0.1) is 5.10 Å². The Morgan fingerprint density at radius 1 is 1.36 bits per heavy atom. The standard InChI is InChI=1S/C14H18N4O6S/c1-14(2,3)24-13(19)17-11-7-6-9(18(20)21)8-10(11)12(15-17)16(4)25(5,22)23/h6-8H,1-5H3. The summed E-state index contributed by atoms with van der Waals surface area (Å²) in [6.07, 6.45) is 0.141. The molecule has 10 nitrogen and oxygen atoms in total. The summed E-state index contributed by atoms with van der Waals surface area (Å²) < 4.78 is 30.6. The molecule has 2 aromatic rings. The number of sulfonamides is 1. The van der Waals surface area contributed by atoms with E-state index in [4.69, 9.17) is 4.74 Å². The molecule has 0 amide bonds. The summed E-state index contributed by atoms with van der Waals surface area (Å²) in [7, 11) is -2.45. The quantitative estimate of drug-likeness (QED) is 0.598. The van der Waals surface area contributed by atoms with Crippen LogP contribution in [0.15, 0.2) is 18.2 Å². The van der Waals surface area contributed by atoms with Crippen LogP contribution in [-0.4, -0.2) is 48.1 Å². The van der Waals surface area contributed by atoms with E-state index in [9.17, 15) is 23.3 Å². The van der Waals surface area contributed by atoms with Crippen molar-refractivity contribution >= 4 is 38.5 Å². The fraction of sp³-hybridized carbons (Fsp3) is 0.429. The van der Waals surface area contributed by atoms with Crippen molar-refractivity contribution in [2.75, 3.05) is 17.6 Å². The van der Waals surface area contributed by atoms with E-state index >= 15 is 0 Å². The topological polar surface area (TPSA) is 125 Å². The smallest absolute Gasteiger partial charge is 0.435 e. The van der Waals surface area contributed by atoms with Crippen molar-refractivity contribution in [2.45, 2.75) is 26.4 Å². The maximum absolute atomic E-state index is 12.4. The van der Waals surface area contributed by atoms with Gasteiger partial charge in [0.25, 0.3) is 5.69 Å². The Morgan fingerprint density at radius 3 is 2.44 bits per heavy atom. The minimum Gasteiger partial charge on any atom is -0.442 e. The van der Waals surface area contributed by atoms with E-state index in [1.165, 1.54) is 25.2 Å². The van der Waals surface area contributed by atoms with Crippen molar-refractivity contribution in [3.05, 3.63) is 28.3 Å². The van der Waals surface area contributed by atoms with Gasteiger partial charge in [0.15, 0.2) is 5.82 Å². The lowest BCUT2D eigenvalue weighted by molar-refractivity contribution is -0.384. The monoisotopic (exact) mass is 370 g/mol. The number of ether oxygens (including phenoxy) is 1. The van der Waals surface area contributed by atoms with Crippen molar-refractivity contribution in [3.63, 3.8) is 0 Å². The molecule has 0 N–H and O–H groups in total.